The number of nitrogens with zero attached hydrogens (tertiary/aromatic N) is 4. The van der Waals surface area contributed by atoms with Crippen molar-refractivity contribution in [3.63, 3.8) is 0 Å². The first-order chi connectivity index (χ1) is 12.7. The van der Waals surface area contributed by atoms with E-state index in [9.17, 15) is 0 Å². The molecule has 2 heterocycles. The third-order valence-corrected chi connectivity index (χ3v) is 4.05. The molecular formula is C20H6N4O2. The number of hydrogen-bond donors (Lipinski definition) is 0. The highest BCUT2D eigenvalue weighted by Crippen LogP contribution is 2.27. The molecule has 0 saturated heterocycles. The smallest absolute Gasteiger partial charge is 0.172 e. The highest BCUT2D eigenvalue weighted by molar-refractivity contribution is 6.02. The van der Waals surface area contributed by atoms with Crippen LogP contribution in [-0.2, 0) is 0 Å². The molecule has 0 aliphatic heterocycles. The van der Waals surface area contributed by atoms with E-state index in [-0.39, 0.29) is 22.0 Å². The van der Waals surface area contributed by atoms with Gasteiger partial charge in [-0.25, -0.2) is 0 Å². The largest absolute Gasteiger partial charge is 0.455 e. The van der Waals surface area contributed by atoms with E-state index in [0.717, 1.165) is 21.5 Å². The Kier molecular flexibility index (Phi) is 3.20. The average molecular weight is 334 g/mol. The summed E-state index contributed by atoms with van der Waals surface area (Å²) < 4.78 is 11.2. The van der Waals surface area contributed by atoms with Crippen molar-refractivity contribution in [3.05, 3.63) is 47.2 Å². The second-order valence-electron chi connectivity index (χ2n) is 5.55. The highest BCUT2D eigenvalue weighted by atomic mass is 16.3. The zero-order valence-corrected chi connectivity index (χ0v) is 13.1. The number of fused-ring (bicyclic) bond motifs is 3. The summed E-state index contributed by atoms with van der Waals surface area (Å²) in [6.07, 6.45) is 0. The van der Waals surface area contributed by atoms with Crippen LogP contribution in [0.25, 0.3) is 43.9 Å². The Morgan fingerprint density at radius 2 is 0.923 bits per heavy atom. The summed E-state index contributed by atoms with van der Waals surface area (Å²) in [6.45, 7) is 0. The maximum absolute atomic E-state index is 8.98. The van der Waals surface area contributed by atoms with E-state index in [1.807, 2.05) is 48.5 Å². The predicted molar refractivity (Wildman–Crippen MR) is 92.0 cm³/mol. The molecule has 0 radical (unpaired) electrons. The maximum Gasteiger partial charge on any atom is 0.172 e. The van der Waals surface area contributed by atoms with Crippen LogP contribution in [0.5, 0.6) is 0 Å². The van der Waals surface area contributed by atoms with E-state index in [4.69, 9.17) is 29.9 Å². The van der Waals surface area contributed by atoms with Gasteiger partial charge in [-0.05, 0) is 47.2 Å². The minimum atomic E-state index is -0.0836. The van der Waals surface area contributed by atoms with Gasteiger partial charge in [0.05, 0.1) is 0 Å². The number of nitriles is 4. The molecule has 2 aromatic heterocycles. The minimum Gasteiger partial charge on any atom is -0.455 e. The summed E-state index contributed by atoms with van der Waals surface area (Å²) >= 11 is 0. The Bertz CT molecular complexity index is 1300. The van der Waals surface area contributed by atoms with Crippen LogP contribution in [0.15, 0.2) is 45.2 Å². The van der Waals surface area contributed by atoms with Gasteiger partial charge in [0.2, 0.25) is 0 Å². The molecule has 118 valence electrons. The number of rotatable bonds is 0. The molecule has 6 nitrogen and oxygen atoms in total. The molecule has 0 bridgehead atoms. The predicted octanol–water partition coefficient (Wildman–Crippen LogP) is 2.73. The van der Waals surface area contributed by atoms with Crippen molar-refractivity contribution in [2.75, 3.05) is 0 Å². The summed E-state index contributed by atoms with van der Waals surface area (Å²) in [6, 6.07) is 17.9. The first-order valence-electron chi connectivity index (χ1n) is 7.43. The average Bonchev–Trinajstić information content (AvgIpc) is 3.23. The first-order valence-corrected chi connectivity index (χ1v) is 7.43. The Labute approximate surface area is 145 Å². The van der Waals surface area contributed by atoms with Crippen molar-refractivity contribution in [3.8, 4) is 24.3 Å². The van der Waals surface area contributed by atoms with Crippen LogP contribution in [0, 0.1) is 45.3 Å². The molecule has 2 aromatic carbocycles. The zero-order valence-electron chi connectivity index (χ0n) is 13.1. The van der Waals surface area contributed by atoms with Crippen LogP contribution >= 0.6 is 0 Å². The van der Waals surface area contributed by atoms with Crippen molar-refractivity contribution in [1.82, 2.24) is 0 Å². The van der Waals surface area contributed by atoms with Gasteiger partial charge in [-0.2, -0.15) is 21.0 Å². The molecular weight excluding hydrogens is 328 g/mol. The molecule has 4 rings (SSSR count). The molecule has 0 amide bonds. The zero-order chi connectivity index (χ0) is 18.3. The number of benzene rings is 2. The molecule has 0 aliphatic rings. The van der Waals surface area contributed by atoms with Gasteiger partial charge in [0.1, 0.15) is 35.4 Å². The van der Waals surface area contributed by atoms with Crippen LogP contribution in [0.3, 0.4) is 0 Å². The number of furan rings is 2. The molecule has 0 aliphatic carbocycles. The lowest BCUT2D eigenvalue weighted by atomic mass is 10.1. The van der Waals surface area contributed by atoms with Gasteiger partial charge in [0.15, 0.2) is 22.0 Å². The van der Waals surface area contributed by atoms with Crippen molar-refractivity contribution >= 4 is 43.9 Å². The fourth-order valence-electron chi connectivity index (χ4n) is 2.84. The fraction of sp³-hybridized carbons (Fsp3) is 0. The topological polar surface area (TPSA) is 121 Å². The summed E-state index contributed by atoms with van der Waals surface area (Å²) in [5.74, 6) is 0. The van der Waals surface area contributed by atoms with E-state index in [1.165, 1.54) is 0 Å². The van der Waals surface area contributed by atoms with Gasteiger partial charge >= 0.3 is 0 Å². The van der Waals surface area contributed by atoms with Gasteiger partial charge in [0, 0.05) is 10.8 Å². The van der Waals surface area contributed by atoms with Crippen LogP contribution in [0.2, 0.25) is 0 Å². The van der Waals surface area contributed by atoms with Gasteiger partial charge in [-0.3, -0.25) is 0 Å². The van der Waals surface area contributed by atoms with Crippen molar-refractivity contribution in [1.29, 1.82) is 21.0 Å². The quantitative estimate of drug-likeness (QED) is 0.487. The maximum atomic E-state index is 8.98. The molecule has 4 aromatic rings. The van der Waals surface area contributed by atoms with Gasteiger partial charge < -0.3 is 8.83 Å². The Hall–Kier alpha value is -4.52. The lowest BCUT2D eigenvalue weighted by molar-refractivity contribution is 0.577. The second-order valence-corrected chi connectivity index (χ2v) is 5.55. The molecule has 0 atom stereocenters. The fourth-order valence-corrected chi connectivity index (χ4v) is 2.84. The van der Waals surface area contributed by atoms with Crippen molar-refractivity contribution in [2.45, 2.75) is 0 Å². The monoisotopic (exact) mass is 334 g/mol. The van der Waals surface area contributed by atoms with Crippen molar-refractivity contribution < 1.29 is 8.83 Å². The SMILES string of the molecule is N#CC(C#N)=c1cc2cc3cc4oc(=C(C#N)C#N)cc4cc3cc2o1. The molecule has 0 fully saturated rings. The van der Waals surface area contributed by atoms with E-state index in [0.29, 0.717) is 11.2 Å². The highest BCUT2D eigenvalue weighted by Gasteiger charge is 2.09. The van der Waals surface area contributed by atoms with Gasteiger partial charge in [-0.1, -0.05) is 0 Å². The lowest BCUT2D eigenvalue weighted by Crippen LogP contribution is -1.97. The molecule has 0 saturated carbocycles. The first kappa shape index (κ1) is 15.0. The van der Waals surface area contributed by atoms with Crippen LogP contribution in [0.4, 0.5) is 0 Å². The molecule has 0 unspecified atom stereocenters. The van der Waals surface area contributed by atoms with Crippen LogP contribution in [0.1, 0.15) is 0 Å². The molecule has 26 heavy (non-hydrogen) atoms. The Morgan fingerprint density at radius 3 is 1.27 bits per heavy atom. The van der Waals surface area contributed by atoms with E-state index in [1.54, 1.807) is 12.1 Å². The van der Waals surface area contributed by atoms with E-state index >= 15 is 0 Å². The van der Waals surface area contributed by atoms with E-state index in [2.05, 4.69) is 0 Å². The normalized spacial score (nSPS) is 10.2. The van der Waals surface area contributed by atoms with Gasteiger partial charge in [0.25, 0.3) is 0 Å². The molecule has 0 spiro atoms. The summed E-state index contributed by atoms with van der Waals surface area (Å²) in [5, 5.41) is 39.1. The standard InChI is InChI=1S/C20H6N4O2/c21-7-15(8-22)19-5-13-1-11-3-18-14(2-12(11)4-17(13)25-19)6-20(26-18)16(9-23)10-24/h1-6H. The van der Waals surface area contributed by atoms with Crippen LogP contribution < -0.4 is 10.8 Å². The summed E-state index contributed by atoms with van der Waals surface area (Å²) in [4.78, 5) is 0. The summed E-state index contributed by atoms with van der Waals surface area (Å²) in [7, 11) is 0. The Morgan fingerprint density at radius 1 is 0.538 bits per heavy atom. The third-order valence-electron chi connectivity index (χ3n) is 4.05. The number of hydrogen-bond acceptors (Lipinski definition) is 6. The van der Waals surface area contributed by atoms with Crippen LogP contribution in [-0.4, -0.2) is 0 Å². The van der Waals surface area contributed by atoms with Crippen molar-refractivity contribution in [2.24, 2.45) is 0 Å². The Balaban J connectivity index is 2.06. The van der Waals surface area contributed by atoms with E-state index < -0.39 is 0 Å². The molecule has 6 heteroatoms. The minimum absolute atomic E-state index is 0.0836. The second kappa shape index (κ2) is 5.53. The summed E-state index contributed by atoms with van der Waals surface area (Å²) in [5.41, 5.74) is 1.40. The lowest BCUT2D eigenvalue weighted by Gasteiger charge is -1.98. The molecule has 0 N–H and O–H groups in total. The van der Waals surface area contributed by atoms with Gasteiger partial charge in [-0.15, -0.1) is 0 Å². The third kappa shape index (κ3) is 2.16.